The van der Waals surface area contributed by atoms with Gasteiger partial charge in [0.25, 0.3) is 0 Å². The number of aromatic nitrogens is 3. The van der Waals surface area contributed by atoms with Gasteiger partial charge in [0.15, 0.2) is 11.0 Å². The zero-order valence-corrected chi connectivity index (χ0v) is 18.5. The molecule has 0 fully saturated rings. The fourth-order valence-electron chi connectivity index (χ4n) is 2.77. The van der Waals surface area contributed by atoms with Crippen molar-refractivity contribution in [2.75, 3.05) is 17.7 Å². The SMILES string of the molecule is CCOc1ccccc1NC(=O)CSc1nnc(COc2cc(C)ccc2C)n1C. The van der Waals surface area contributed by atoms with Crippen LogP contribution in [0.25, 0.3) is 0 Å². The molecule has 8 heteroatoms. The molecule has 0 bridgehead atoms. The number of benzene rings is 2. The molecule has 1 aromatic heterocycles. The number of hydrogen-bond donors (Lipinski definition) is 1. The fourth-order valence-corrected chi connectivity index (χ4v) is 3.50. The molecule has 0 aliphatic heterocycles. The lowest BCUT2D eigenvalue weighted by molar-refractivity contribution is -0.113. The first kappa shape index (κ1) is 21.7. The van der Waals surface area contributed by atoms with Gasteiger partial charge >= 0.3 is 0 Å². The van der Waals surface area contributed by atoms with Crippen molar-refractivity contribution in [3.63, 3.8) is 0 Å². The van der Waals surface area contributed by atoms with Crippen LogP contribution in [0.2, 0.25) is 0 Å². The molecule has 0 saturated carbocycles. The van der Waals surface area contributed by atoms with Crippen LogP contribution in [0.15, 0.2) is 47.6 Å². The van der Waals surface area contributed by atoms with Crippen molar-refractivity contribution in [1.82, 2.24) is 14.8 Å². The number of ether oxygens (including phenoxy) is 2. The van der Waals surface area contributed by atoms with Gasteiger partial charge in [-0.25, -0.2) is 0 Å². The van der Waals surface area contributed by atoms with Crippen molar-refractivity contribution in [3.05, 3.63) is 59.4 Å². The predicted octanol–water partition coefficient (Wildman–Crippen LogP) is 4.14. The third-order valence-electron chi connectivity index (χ3n) is 4.42. The Kier molecular flexibility index (Phi) is 7.35. The minimum Gasteiger partial charge on any atom is -0.492 e. The van der Waals surface area contributed by atoms with Gasteiger partial charge in [-0.3, -0.25) is 4.79 Å². The lowest BCUT2D eigenvalue weighted by Gasteiger charge is -2.11. The highest BCUT2D eigenvalue weighted by atomic mass is 32.2. The second kappa shape index (κ2) is 10.2. The van der Waals surface area contributed by atoms with E-state index in [1.165, 1.54) is 11.8 Å². The number of nitrogens with one attached hydrogen (secondary N) is 1. The molecule has 2 aromatic carbocycles. The number of thioether (sulfide) groups is 1. The molecule has 1 heterocycles. The highest BCUT2D eigenvalue weighted by Gasteiger charge is 2.14. The van der Waals surface area contributed by atoms with Crippen LogP contribution in [0.1, 0.15) is 23.9 Å². The Morgan fingerprint density at radius 2 is 1.90 bits per heavy atom. The summed E-state index contributed by atoms with van der Waals surface area (Å²) >= 11 is 1.32. The van der Waals surface area contributed by atoms with Crippen molar-refractivity contribution in [2.45, 2.75) is 32.5 Å². The summed E-state index contributed by atoms with van der Waals surface area (Å²) in [5.74, 6) is 2.26. The predicted molar refractivity (Wildman–Crippen MR) is 118 cm³/mol. The molecule has 7 nitrogen and oxygen atoms in total. The van der Waals surface area contributed by atoms with E-state index < -0.39 is 0 Å². The topological polar surface area (TPSA) is 78.3 Å². The highest BCUT2D eigenvalue weighted by Crippen LogP contribution is 2.25. The van der Waals surface area contributed by atoms with Crippen molar-refractivity contribution in [3.8, 4) is 11.5 Å². The van der Waals surface area contributed by atoms with Crippen LogP contribution < -0.4 is 14.8 Å². The number of rotatable bonds is 9. The minimum atomic E-state index is -0.136. The molecule has 0 saturated heterocycles. The van der Waals surface area contributed by atoms with Gasteiger partial charge in [0.05, 0.1) is 18.0 Å². The molecule has 3 rings (SSSR count). The van der Waals surface area contributed by atoms with Crippen LogP contribution in [-0.4, -0.2) is 33.0 Å². The first-order valence-electron chi connectivity index (χ1n) is 9.70. The van der Waals surface area contributed by atoms with E-state index >= 15 is 0 Å². The number of carbonyl (C=O) groups is 1. The zero-order valence-electron chi connectivity index (χ0n) is 17.6. The maximum Gasteiger partial charge on any atom is 0.234 e. The molecule has 0 aliphatic carbocycles. The number of hydrogen-bond acceptors (Lipinski definition) is 6. The van der Waals surface area contributed by atoms with Gasteiger partial charge in [0.2, 0.25) is 5.91 Å². The summed E-state index contributed by atoms with van der Waals surface area (Å²) in [6.45, 7) is 6.79. The number of para-hydroxylation sites is 2. The molecule has 1 amide bonds. The molecule has 0 aliphatic rings. The molecule has 1 N–H and O–H groups in total. The summed E-state index contributed by atoms with van der Waals surface area (Å²) in [4.78, 5) is 12.4. The van der Waals surface area contributed by atoms with E-state index in [0.29, 0.717) is 35.6 Å². The van der Waals surface area contributed by atoms with Crippen LogP contribution in [0.4, 0.5) is 5.69 Å². The summed E-state index contributed by atoms with van der Waals surface area (Å²) in [5, 5.41) is 11.9. The first-order valence-corrected chi connectivity index (χ1v) is 10.7. The van der Waals surface area contributed by atoms with Crippen LogP contribution in [-0.2, 0) is 18.4 Å². The van der Waals surface area contributed by atoms with E-state index in [1.54, 1.807) is 0 Å². The molecule has 0 spiro atoms. The van der Waals surface area contributed by atoms with E-state index in [9.17, 15) is 4.79 Å². The molecular formula is C22H26N4O3S. The van der Waals surface area contributed by atoms with Crippen LogP contribution in [0, 0.1) is 13.8 Å². The summed E-state index contributed by atoms with van der Waals surface area (Å²) in [7, 11) is 1.87. The Bertz CT molecular complexity index is 1020. The van der Waals surface area contributed by atoms with Gasteiger partial charge in [-0.2, -0.15) is 0 Å². The minimum absolute atomic E-state index is 0.136. The lowest BCUT2D eigenvalue weighted by Crippen LogP contribution is -2.15. The Labute approximate surface area is 180 Å². The number of aryl methyl sites for hydroxylation is 2. The number of anilines is 1. The molecule has 0 radical (unpaired) electrons. The normalized spacial score (nSPS) is 10.7. The average molecular weight is 427 g/mol. The molecule has 30 heavy (non-hydrogen) atoms. The Morgan fingerprint density at radius 3 is 2.70 bits per heavy atom. The van der Waals surface area contributed by atoms with Gasteiger partial charge in [-0.05, 0) is 50.1 Å². The van der Waals surface area contributed by atoms with Crippen LogP contribution in [0.3, 0.4) is 0 Å². The molecular weight excluding hydrogens is 400 g/mol. The third-order valence-corrected chi connectivity index (χ3v) is 5.44. The monoisotopic (exact) mass is 426 g/mol. The maximum absolute atomic E-state index is 12.4. The van der Waals surface area contributed by atoms with Gasteiger partial charge in [-0.15, -0.1) is 10.2 Å². The van der Waals surface area contributed by atoms with Crippen LogP contribution in [0.5, 0.6) is 11.5 Å². The second-order valence-corrected chi connectivity index (χ2v) is 7.72. The Morgan fingerprint density at radius 1 is 1.10 bits per heavy atom. The van der Waals surface area contributed by atoms with E-state index in [1.807, 2.05) is 68.8 Å². The highest BCUT2D eigenvalue weighted by molar-refractivity contribution is 7.99. The van der Waals surface area contributed by atoms with E-state index in [4.69, 9.17) is 9.47 Å². The van der Waals surface area contributed by atoms with Gasteiger partial charge in [0.1, 0.15) is 18.1 Å². The van der Waals surface area contributed by atoms with E-state index in [2.05, 4.69) is 21.6 Å². The van der Waals surface area contributed by atoms with Crippen molar-refractivity contribution < 1.29 is 14.3 Å². The lowest BCUT2D eigenvalue weighted by atomic mass is 10.1. The molecule has 0 unspecified atom stereocenters. The molecule has 158 valence electrons. The van der Waals surface area contributed by atoms with Crippen molar-refractivity contribution >= 4 is 23.4 Å². The van der Waals surface area contributed by atoms with E-state index in [0.717, 1.165) is 16.9 Å². The van der Waals surface area contributed by atoms with Gasteiger partial charge in [0, 0.05) is 7.05 Å². The third kappa shape index (κ3) is 5.54. The zero-order chi connectivity index (χ0) is 21.5. The Balaban J connectivity index is 1.56. The second-order valence-electron chi connectivity index (χ2n) is 6.78. The maximum atomic E-state index is 12.4. The summed E-state index contributed by atoms with van der Waals surface area (Å²) in [5.41, 5.74) is 2.87. The standard InChI is InChI=1S/C22H26N4O3S/c1-5-28-18-9-7-6-8-17(18)23-21(27)14-30-22-25-24-20(26(22)4)13-29-19-12-15(2)10-11-16(19)3/h6-12H,5,13-14H2,1-4H3,(H,23,27). The first-order chi connectivity index (χ1) is 14.5. The summed E-state index contributed by atoms with van der Waals surface area (Å²) in [6, 6.07) is 13.5. The summed E-state index contributed by atoms with van der Waals surface area (Å²) in [6.07, 6.45) is 0. The van der Waals surface area contributed by atoms with Gasteiger partial charge < -0.3 is 19.4 Å². The smallest absolute Gasteiger partial charge is 0.234 e. The summed E-state index contributed by atoms with van der Waals surface area (Å²) < 4.78 is 13.3. The number of amides is 1. The quantitative estimate of drug-likeness (QED) is 0.518. The molecule has 0 atom stereocenters. The number of carbonyl (C=O) groups excluding carboxylic acids is 1. The van der Waals surface area contributed by atoms with Crippen LogP contribution >= 0.6 is 11.8 Å². The van der Waals surface area contributed by atoms with Crippen molar-refractivity contribution in [1.29, 1.82) is 0 Å². The van der Waals surface area contributed by atoms with E-state index in [-0.39, 0.29) is 11.7 Å². The van der Waals surface area contributed by atoms with Crippen molar-refractivity contribution in [2.24, 2.45) is 7.05 Å². The number of nitrogens with zero attached hydrogens (tertiary/aromatic N) is 3. The average Bonchev–Trinajstić information content (AvgIpc) is 3.08. The van der Waals surface area contributed by atoms with Gasteiger partial charge in [-0.1, -0.05) is 36.0 Å². The molecule has 3 aromatic rings. The Hall–Kier alpha value is -3.00. The fraction of sp³-hybridized carbons (Fsp3) is 0.318. The largest absolute Gasteiger partial charge is 0.492 e.